The molecule has 0 aromatic heterocycles. The summed E-state index contributed by atoms with van der Waals surface area (Å²) in [5, 5.41) is 12.2. The van der Waals surface area contributed by atoms with Gasteiger partial charge in [0.15, 0.2) is 0 Å². The predicted octanol–water partition coefficient (Wildman–Crippen LogP) is 0.629. The summed E-state index contributed by atoms with van der Waals surface area (Å²) >= 11 is 0. The molecular formula is C9H21NO2. The lowest BCUT2D eigenvalue weighted by atomic mass is 10.1. The zero-order chi connectivity index (χ0) is 9.40. The van der Waals surface area contributed by atoms with Crippen molar-refractivity contribution in [1.82, 2.24) is 5.32 Å². The molecule has 0 aliphatic rings. The van der Waals surface area contributed by atoms with Gasteiger partial charge in [-0.2, -0.15) is 0 Å². The summed E-state index contributed by atoms with van der Waals surface area (Å²) in [6.45, 7) is 8.66. The van der Waals surface area contributed by atoms with Gasteiger partial charge >= 0.3 is 0 Å². The Labute approximate surface area is 75.1 Å². The molecule has 0 spiro atoms. The van der Waals surface area contributed by atoms with Crippen LogP contribution in [0.15, 0.2) is 0 Å². The van der Waals surface area contributed by atoms with Gasteiger partial charge in [0, 0.05) is 19.2 Å². The first-order chi connectivity index (χ1) is 5.72. The van der Waals surface area contributed by atoms with E-state index in [1.807, 2.05) is 6.92 Å². The largest absolute Gasteiger partial charge is 0.395 e. The van der Waals surface area contributed by atoms with Crippen molar-refractivity contribution in [2.24, 2.45) is 5.92 Å². The maximum Gasteiger partial charge on any atom is 0.0590 e. The van der Waals surface area contributed by atoms with Gasteiger partial charge in [-0.1, -0.05) is 13.8 Å². The molecule has 1 atom stereocenters. The second-order valence-corrected chi connectivity index (χ2v) is 3.18. The molecule has 0 amide bonds. The van der Waals surface area contributed by atoms with Gasteiger partial charge in [0.1, 0.15) is 0 Å². The molecule has 3 heteroatoms. The standard InChI is InChI=1S/C9H21NO2/c1-4-12-6-5-10-9(7-11)8(2)3/h8-11H,4-7H2,1-3H3. The molecule has 0 rings (SSSR count). The summed E-state index contributed by atoms with van der Waals surface area (Å²) in [4.78, 5) is 0. The van der Waals surface area contributed by atoms with Crippen LogP contribution >= 0.6 is 0 Å². The van der Waals surface area contributed by atoms with Crippen LogP contribution < -0.4 is 5.32 Å². The van der Waals surface area contributed by atoms with Crippen molar-refractivity contribution < 1.29 is 9.84 Å². The summed E-state index contributed by atoms with van der Waals surface area (Å²) < 4.78 is 5.16. The van der Waals surface area contributed by atoms with Crippen LogP contribution in [0.25, 0.3) is 0 Å². The Balaban J connectivity index is 3.32. The number of ether oxygens (including phenoxy) is 1. The zero-order valence-electron chi connectivity index (χ0n) is 8.34. The number of aliphatic hydroxyl groups excluding tert-OH is 1. The third kappa shape index (κ3) is 5.52. The smallest absolute Gasteiger partial charge is 0.0590 e. The summed E-state index contributed by atoms with van der Waals surface area (Å²) in [5.74, 6) is 0.469. The first-order valence-electron chi connectivity index (χ1n) is 4.64. The van der Waals surface area contributed by atoms with Gasteiger partial charge in [-0.25, -0.2) is 0 Å². The van der Waals surface area contributed by atoms with E-state index in [-0.39, 0.29) is 12.6 Å². The Hall–Kier alpha value is -0.120. The highest BCUT2D eigenvalue weighted by molar-refractivity contribution is 4.68. The van der Waals surface area contributed by atoms with Crippen LogP contribution in [0.4, 0.5) is 0 Å². The topological polar surface area (TPSA) is 41.5 Å². The molecule has 0 aliphatic carbocycles. The summed E-state index contributed by atoms with van der Waals surface area (Å²) in [5.41, 5.74) is 0. The normalized spacial score (nSPS) is 13.8. The lowest BCUT2D eigenvalue weighted by Crippen LogP contribution is -2.38. The van der Waals surface area contributed by atoms with Crippen molar-refractivity contribution in [1.29, 1.82) is 0 Å². The van der Waals surface area contributed by atoms with Crippen molar-refractivity contribution in [3.05, 3.63) is 0 Å². The number of hydrogen-bond acceptors (Lipinski definition) is 3. The zero-order valence-corrected chi connectivity index (χ0v) is 8.34. The maximum absolute atomic E-state index is 8.95. The molecule has 0 fully saturated rings. The predicted molar refractivity (Wildman–Crippen MR) is 50.2 cm³/mol. The van der Waals surface area contributed by atoms with Crippen LogP contribution in [0, 0.1) is 5.92 Å². The third-order valence-corrected chi connectivity index (χ3v) is 1.86. The lowest BCUT2D eigenvalue weighted by molar-refractivity contribution is 0.137. The summed E-state index contributed by atoms with van der Waals surface area (Å²) in [6, 6.07) is 0.199. The highest BCUT2D eigenvalue weighted by Crippen LogP contribution is 1.99. The fourth-order valence-electron chi connectivity index (χ4n) is 0.972. The van der Waals surface area contributed by atoms with E-state index < -0.39 is 0 Å². The lowest BCUT2D eigenvalue weighted by Gasteiger charge is -2.19. The van der Waals surface area contributed by atoms with Crippen LogP contribution in [0.3, 0.4) is 0 Å². The molecule has 0 heterocycles. The van der Waals surface area contributed by atoms with Crippen LogP contribution in [-0.4, -0.2) is 37.5 Å². The minimum absolute atomic E-state index is 0.198. The van der Waals surface area contributed by atoms with Gasteiger partial charge in [-0.05, 0) is 12.8 Å². The van der Waals surface area contributed by atoms with Crippen LogP contribution in [0.2, 0.25) is 0 Å². The van der Waals surface area contributed by atoms with E-state index in [1.54, 1.807) is 0 Å². The number of aliphatic hydroxyl groups is 1. The minimum atomic E-state index is 0.198. The molecule has 0 aromatic carbocycles. The molecular weight excluding hydrogens is 154 g/mol. The minimum Gasteiger partial charge on any atom is -0.395 e. The highest BCUT2D eigenvalue weighted by atomic mass is 16.5. The van der Waals surface area contributed by atoms with Crippen molar-refractivity contribution in [3.8, 4) is 0 Å². The Bertz CT molecular complexity index is 96.5. The average molecular weight is 175 g/mol. The Morgan fingerprint density at radius 2 is 2.08 bits per heavy atom. The van der Waals surface area contributed by atoms with Crippen LogP contribution in [0.5, 0.6) is 0 Å². The number of nitrogens with one attached hydrogen (secondary N) is 1. The molecule has 2 N–H and O–H groups in total. The molecule has 0 saturated heterocycles. The molecule has 0 aliphatic heterocycles. The summed E-state index contributed by atoms with van der Waals surface area (Å²) in [6.07, 6.45) is 0. The van der Waals surface area contributed by atoms with E-state index in [1.165, 1.54) is 0 Å². The molecule has 1 unspecified atom stereocenters. The molecule has 0 bridgehead atoms. The second-order valence-electron chi connectivity index (χ2n) is 3.18. The number of rotatable bonds is 7. The third-order valence-electron chi connectivity index (χ3n) is 1.86. The first-order valence-corrected chi connectivity index (χ1v) is 4.64. The maximum atomic E-state index is 8.95. The Morgan fingerprint density at radius 1 is 1.42 bits per heavy atom. The second kappa shape index (κ2) is 7.53. The van der Waals surface area contributed by atoms with E-state index >= 15 is 0 Å². The Kier molecular flexibility index (Phi) is 7.45. The monoisotopic (exact) mass is 175 g/mol. The summed E-state index contributed by atoms with van der Waals surface area (Å²) in [7, 11) is 0. The van der Waals surface area contributed by atoms with Crippen LogP contribution in [0.1, 0.15) is 20.8 Å². The number of hydrogen-bond donors (Lipinski definition) is 2. The first kappa shape index (κ1) is 11.9. The quantitative estimate of drug-likeness (QED) is 0.558. The molecule has 0 aromatic rings. The van der Waals surface area contributed by atoms with Gasteiger partial charge in [-0.3, -0.25) is 0 Å². The highest BCUT2D eigenvalue weighted by Gasteiger charge is 2.09. The van der Waals surface area contributed by atoms with E-state index in [0.717, 1.165) is 19.8 Å². The molecule has 3 nitrogen and oxygen atoms in total. The van der Waals surface area contributed by atoms with E-state index in [0.29, 0.717) is 5.92 Å². The van der Waals surface area contributed by atoms with Gasteiger partial charge in [0.25, 0.3) is 0 Å². The Morgan fingerprint density at radius 3 is 2.50 bits per heavy atom. The molecule has 74 valence electrons. The van der Waals surface area contributed by atoms with E-state index in [9.17, 15) is 0 Å². The fraction of sp³-hybridized carbons (Fsp3) is 1.00. The van der Waals surface area contributed by atoms with Crippen molar-refractivity contribution >= 4 is 0 Å². The van der Waals surface area contributed by atoms with E-state index in [4.69, 9.17) is 9.84 Å². The fourth-order valence-corrected chi connectivity index (χ4v) is 0.972. The molecule has 0 saturated carbocycles. The van der Waals surface area contributed by atoms with Crippen molar-refractivity contribution in [3.63, 3.8) is 0 Å². The average Bonchev–Trinajstić information content (AvgIpc) is 2.04. The molecule has 0 radical (unpaired) electrons. The SMILES string of the molecule is CCOCCNC(CO)C(C)C. The van der Waals surface area contributed by atoms with E-state index in [2.05, 4.69) is 19.2 Å². The van der Waals surface area contributed by atoms with Gasteiger partial charge in [0.05, 0.1) is 13.2 Å². The van der Waals surface area contributed by atoms with Crippen molar-refractivity contribution in [2.45, 2.75) is 26.8 Å². The van der Waals surface area contributed by atoms with Gasteiger partial charge in [-0.15, -0.1) is 0 Å². The van der Waals surface area contributed by atoms with Crippen LogP contribution in [-0.2, 0) is 4.74 Å². The van der Waals surface area contributed by atoms with Gasteiger partial charge < -0.3 is 15.2 Å². The van der Waals surface area contributed by atoms with Crippen molar-refractivity contribution in [2.75, 3.05) is 26.4 Å². The van der Waals surface area contributed by atoms with Gasteiger partial charge in [0.2, 0.25) is 0 Å². The molecule has 12 heavy (non-hydrogen) atoms.